The molecule has 0 saturated carbocycles. The van der Waals surface area contributed by atoms with E-state index in [1.807, 2.05) is 0 Å². The number of carboxylic acids is 2. The molecule has 14 heteroatoms. The molecule has 0 aliphatic heterocycles. The number of aromatic carboxylic acids is 2. The predicted octanol–water partition coefficient (Wildman–Crippen LogP) is -7.10. The Morgan fingerprint density at radius 2 is 1.32 bits per heavy atom. The van der Waals surface area contributed by atoms with Crippen LogP contribution in [0, 0.1) is 0 Å². The molecule has 0 amide bonds. The normalized spacial score (nSPS) is 11.0. The largest absolute Gasteiger partial charge is 1.00 e. The predicted molar refractivity (Wildman–Crippen MR) is 56.3 cm³/mol. The van der Waals surface area contributed by atoms with Crippen LogP contribution in [0.3, 0.4) is 0 Å². The Balaban J connectivity index is 0. The molecule has 0 bridgehead atoms. The molecule has 0 saturated heterocycles. The summed E-state index contributed by atoms with van der Waals surface area (Å²) in [4.78, 5) is 18.7. The van der Waals surface area contributed by atoms with Crippen molar-refractivity contribution in [3.05, 3.63) is 23.3 Å². The minimum atomic E-state index is -5.51. The van der Waals surface area contributed by atoms with Gasteiger partial charge in [-0.15, -0.1) is 0 Å². The Bertz CT molecular complexity index is 812. The number of hydrogen-bond acceptors (Lipinski definition) is 8. The van der Waals surface area contributed by atoms with Crippen LogP contribution in [0.1, 0.15) is 20.7 Å². The summed E-state index contributed by atoms with van der Waals surface area (Å²) in [7, 11) is -10.8. The molecule has 0 aliphatic carbocycles. The molecule has 1 aromatic carbocycles. The third-order valence-electron chi connectivity index (χ3n) is 2.08. The second kappa shape index (κ2) is 8.19. The minimum absolute atomic E-state index is 0. The number of carboxylic acid groups (broad SMARTS) is 2. The topological polar surface area (TPSA) is 189 Å². The zero-order chi connectivity index (χ0) is 15.9. The molecule has 1 aromatic rings. The Hall–Kier alpha value is -0.0200. The van der Waals surface area contributed by atoms with Gasteiger partial charge in [-0.2, -0.15) is 0 Å². The van der Waals surface area contributed by atoms with Crippen LogP contribution in [0.25, 0.3) is 0 Å². The van der Waals surface area contributed by atoms with Gasteiger partial charge in [0, 0.05) is 0 Å². The van der Waals surface area contributed by atoms with Gasteiger partial charge in [0.25, 0.3) is 0 Å². The standard InChI is InChI=1S/C8H6O10S2.2Na/c9-7(10)4-1-3(19(13,14)15)2-5(20(16,17)18)6(4)8(11)12;;/h1-2H,(H,9,10)(H,11,12)(H,13,14,15)(H,16,17,18);;/q;2*+1/p-2. The maximum atomic E-state index is 10.9. The summed E-state index contributed by atoms with van der Waals surface area (Å²) in [5, 5.41) is 17.5. The molecule has 0 aromatic heterocycles. The van der Waals surface area contributed by atoms with E-state index < -0.39 is 53.1 Å². The number of hydrogen-bond donors (Lipinski definition) is 2. The van der Waals surface area contributed by atoms with Gasteiger partial charge in [0.2, 0.25) is 0 Å². The molecule has 0 spiro atoms. The van der Waals surface area contributed by atoms with Gasteiger partial charge in [0.05, 0.1) is 20.9 Å². The molecule has 0 fully saturated rings. The molecular weight excluding hydrogens is 366 g/mol. The van der Waals surface area contributed by atoms with Crippen LogP contribution < -0.4 is 59.1 Å². The SMILES string of the molecule is O=C(O)c1cc(S(=O)(=O)[O-])cc(S(=O)(=O)[O-])c1C(=O)O.[Na+].[Na+]. The second-order valence-corrected chi connectivity index (χ2v) is 6.09. The van der Waals surface area contributed by atoms with E-state index in [0.29, 0.717) is 0 Å². The summed E-state index contributed by atoms with van der Waals surface area (Å²) in [6.07, 6.45) is 0. The van der Waals surface area contributed by atoms with Crippen LogP contribution in [0.2, 0.25) is 0 Å². The Labute approximate surface area is 168 Å². The smallest absolute Gasteiger partial charge is 0.744 e. The molecule has 10 nitrogen and oxygen atoms in total. The first-order valence-electron chi connectivity index (χ1n) is 4.42. The molecule has 110 valence electrons. The molecular formula is C8H4Na2O10S2. The van der Waals surface area contributed by atoms with Crippen molar-refractivity contribution in [1.82, 2.24) is 0 Å². The summed E-state index contributed by atoms with van der Waals surface area (Å²) in [6.45, 7) is 0. The van der Waals surface area contributed by atoms with Crippen molar-refractivity contribution in [2.75, 3.05) is 0 Å². The van der Waals surface area contributed by atoms with Crippen LogP contribution in [-0.2, 0) is 20.2 Å². The summed E-state index contributed by atoms with van der Waals surface area (Å²) < 4.78 is 65.0. The van der Waals surface area contributed by atoms with Crippen molar-refractivity contribution < 1.29 is 105 Å². The molecule has 0 radical (unpaired) electrons. The van der Waals surface area contributed by atoms with Crippen molar-refractivity contribution in [2.24, 2.45) is 0 Å². The molecule has 1 rings (SSSR count). The number of rotatable bonds is 4. The number of carbonyl (C=O) groups is 2. The van der Waals surface area contributed by atoms with Gasteiger partial charge >= 0.3 is 71.1 Å². The van der Waals surface area contributed by atoms with Gasteiger partial charge in [0.15, 0.2) is 0 Å². The zero-order valence-corrected chi connectivity index (χ0v) is 16.8. The fourth-order valence-electron chi connectivity index (χ4n) is 1.32. The fourth-order valence-corrected chi connectivity index (χ4v) is 2.64. The maximum absolute atomic E-state index is 10.9. The first kappa shape index (κ1) is 24.2. The monoisotopic (exact) mass is 370 g/mol. The quantitative estimate of drug-likeness (QED) is 0.380. The Kier molecular flexibility index (Phi) is 9.02. The van der Waals surface area contributed by atoms with Gasteiger partial charge in [-0.1, -0.05) is 0 Å². The van der Waals surface area contributed by atoms with Gasteiger partial charge in [-0.25, -0.2) is 26.4 Å². The van der Waals surface area contributed by atoms with E-state index in [4.69, 9.17) is 10.2 Å². The van der Waals surface area contributed by atoms with Gasteiger partial charge in [-0.05, 0) is 12.1 Å². The zero-order valence-electron chi connectivity index (χ0n) is 11.1. The minimum Gasteiger partial charge on any atom is -0.744 e. The van der Waals surface area contributed by atoms with Gasteiger partial charge in [-0.3, -0.25) is 0 Å². The molecule has 0 heterocycles. The summed E-state index contributed by atoms with van der Waals surface area (Å²) in [6, 6.07) is 0.184. The second-order valence-electron chi connectivity index (χ2n) is 3.36. The average Bonchev–Trinajstić information content (AvgIpc) is 2.24. The van der Waals surface area contributed by atoms with E-state index in [0.717, 1.165) is 0 Å². The average molecular weight is 370 g/mol. The maximum Gasteiger partial charge on any atom is 1.00 e. The van der Waals surface area contributed by atoms with Gasteiger partial charge in [0.1, 0.15) is 20.2 Å². The van der Waals surface area contributed by atoms with Crippen molar-refractivity contribution in [3.63, 3.8) is 0 Å². The molecule has 0 aliphatic rings. The molecule has 22 heavy (non-hydrogen) atoms. The van der Waals surface area contributed by atoms with E-state index in [9.17, 15) is 35.5 Å². The molecule has 0 unspecified atom stereocenters. The van der Waals surface area contributed by atoms with E-state index in [2.05, 4.69) is 0 Å². The third kappa shape index (κ3) is 5.56. The van der Waals surface area contributed by atoms with Crippen molar-refractivity contribution in [2.45, 2.75) is 9.79 Å². The van der Waals surface area contributed by atoms with E-state index in [-0.39, 0.29) is 71.2 Å². The van der Waals surface area contributed by atoms with Gasteiger partial charge < -0.3 is 19.3 Å². The van der Waals surface area contributed by atoms with E-state index in [1.165, 1.54) is 0 Å². The van der Waals surface area contributed by atoms with E-state index >= 15 is 0 Å². The van der Waals surface area contributed by atoms with Crippen molar-refractivity contribution >= 4 is 32.2 Å². The van der Waals surface area contributed by atoms with Crippen LogP contribution in [-0.4, -0.2) is 48.1 Å². The van der Waals surface area contributed by atoms with Crippen LogP contribution >= 0.6 is 0 Å². The van der Waals surface area contributed by atoms with Crippen LogP contribution in [0.4, 0.5) is 0 Å². The van der Waals surface area contributed by atoms with Crippen LogP contribution in [0.5, 0.6) is 0 Å². The molecule has 0 atom stereocenters. The van der Waals surface area contributed by atoms with Crippen LogP contribution in [0.15, 0.2) is 21.9 Å². The fraction of sp³-hybridized carbons (Fsp3) is 0. The first-order chi connectivity index (χ1) is 8.85. The third-order valence-corrected chi connectivity index (χ3v) is 3.75. The molecule has 2 N–H and O–H groups in total. The summed E-state index contributed by atoms with van der Waals surface area (Å²) >= 11 is 0. The first-order valence-corrected chi connectivity index (χ1v) is 7.23. The van der Waals surface area contributed by atoms with Crippen molar-refractivity contribution in [1.29, 1.82) is 0 Å². The Morgan fingerprint density at radius 1 is 0.864 bits per heavy atom. The number of benzene rings is 1. The van der Waals surface area contributed by atoms with E-state index in [1.54, 1.807) is 0 Å². The Morgan fingerprint density at radius 3 is 1.59 bits per heavy atom. The summed E-state index contributed by atoms with van der Waals surface area (Å²) in [5.74, 6) is -4.09. The summed E-state index contributed by atoms with van der Waals surface area (Å²) in [5.41, 5.74) is -2.72. The van der Waals surface area contributed by atoms with Crippen molar-refractivity contribution in [3.8, 4) is 0 Å².